The third-order valence-corrected chi connectivity index (χ3v) is 0. The van der Waals surface area contributed by atoms with Crippen LogP contribution in [-0.4, -0.2) is 0 Å². The molecule has 0 nitrogen and oxygen atoms in total. The van der Waals surface area contributed by atoms with Crippen LogP contribution in [0.3, 0.4) is 0 Å². The summed E-state index contributed by atoms with van der Waals surface area (Å²) in [5.74, 6) is 0. The Morgan fingerprint density at radius 1 is 0.800 bits per heavy atom. The van der Waals surface area contributed by atoms with E-state index in [-0.39, 0.29) is 31.1 Å². The summed E-state index contributed by atoms with van der Waals surface area (Å²) < 4.78 is 0. The van der Waals surface area contributed by atoms with Crippen LogP contribution in [0.25, 0.3) is 0 Å². The van der Waals surface area contributed by atoms with Gasteiger partial charge in [0.2, 0.25) is 0 Å². The molecule has 5 heavy (non-hydrogen) atoms. The first kappa shape index (κ1) is 16.6. The van der Waals surface area contributed by atoms with E-state index in [0.717, 1.165) is 0 Å². The monoisotopic (exact) mass is 296 g/mol. The first-order valence-electron chi connectivity index (χ1n) is 1.41. The Morgan fingerprint density at radius 3 is 0.800 bits per heavy atom. The van der Waals surface area contributed by atoms with Gasteiger partial charge in [0.25, 0.3) is 0 Å². The summed E-state index contributed by atoms with van der Waals surface area (Å²) >= 11 is 0. The molecule has 0 unspecified atom stereocenters. The molecule has 0 radical (unpaired) electrons. The SMILES string of the molecule is [CH2-]C.[CH2-]C.[U+2]. The fourth-order valence-electron chi connectivity index (χ4n) is 0. The first-order chi connectivity index (χ1) is 2.00. The van der Waals surface area contributed by atoms with Crippen molar-refractivity contribution in [2.24, 2.45) is 0 Å². The molecular formula is C4H10U. The molecule has 0 heterocycles. The fraction of sp³-hybridized carbons (Fsp3) is 0.500. The molecule has 0 atom stereocenters. The molecule has 0 fully saturated rings. The van der Waals surface area contributed by atoms with Gasteiger partial charge in [-0.2, -0.15) is 13.8 Å². The van der Waals surface area contributed by atoms with E-state index < -0.39 is 0 Å². The van der Waals surface area contributed by atoms with Crippen LogP contribution in [0.4, 0.5) is 0 Å². The summed E-state index contributed by atoms with van der Waals surface area (Å²) in [7, 11) is 0. The standard InChI is InChI=1S/2C2H5.U/c2*1-2;/h2*1H2,2H3;/q2*-1;+2. The Morgan fingerprint density at radius 2 is 0.800 bits per heavy atom. The number of hydrogen-bond acceptors (Lipinski definition) is 0. The molecule has 0 N–H and O–H groups in total. The van der Waals surface area contributed by atoms with E-state index in [1.54, 1.807) is 13.8 Å². The van der Waals surface area contributed by atoms with Crippen molar-refractivity contribution >= 4 is 0 Å². The van der Waals surface area contributed by atoms with Gasteiger partial charge in [0.15, 0.2) is 0 Å². The maximum Gasteiger partial charge on any atom is 2.00 e. The third kappa shape index (κ3) is 42.5. The second kappa shape index (κ2) is 75.0. The smallest absolute Gasteiger partial charge is 0.346 e. The van der Waals surface area contributed by atoms with Gasteiger partial charge in [0, 0.05) is 0 Å². The summed E-state index contributed by atoms with van der Waals surface area (Å²) in [6.45, 7) is 10.0. The maximum absolute atomic E-state index is 3.25. The molecule has 0 aromatic rings. The van der Waals surface area contributed by atoms with E-state index in [1.165, 1.54) is 0 Å². The van der Waals surface area contributed by atoms with Gasteiger partial charge in [-0.15, -0.1) is 0 Å². The van der Waals surface area contributed by atoms with Gasteiger partial charge in [-0.1, -0.05) is 0 Å². The molecule has 0 bridgehead atoms. The molecule has 0 aliphatic heterocycles. The molecule has 0 aromatic carbocycles. The van der Waals surface area contributed by atoms with Crippen LogP contribution in [0.15, 0.2) is 0 Å². The van der Waals surface area contributed by atoms with Crippen molar-refractivity contribution < 1.29 is 31.1 Å². The molecule has 0 aliphatic rings. The average Bonchev–Trinajstić information content (AvgIpc) is 1.50. The molecule has 0 rings (SSSR count). The molecule has 30 valence electrons. The van der Waals surface area contributed by atoms with E-state index in [2.05, 4.69) is 13.8 Å². The predicted molar refractivity (Wildman–Crippen MR) is 22.1 cm³/mol. The largest absolute Gasteiger partial charge is 2.00 e. The van der Waals surface area contributed by atoms with Crippen molar-refractivity contribution in [2.45, 2.75) is 13.8 Å². The molecule has 0 amide bonds. The Kier molecular flexibility index (Phi) is 249. The molecule has 1 heteroatoms. The molecule has 0 aromatic heterocycles. The molecule has 0 saturated heterocycles. The van der Waals surface area contributed by atoms with E-state index >= 15 is 0 Å². The van der Waals surface area contributed by atoms with Crippen molar-refractivity contribution in [1.82, 2.24) is 0 Å². The molecule has 0 aliphatic carbocycles. The molecular weight excluding hydrogens is 286 g/mol. The van der Waals surface area contributed by atoms with E-state index in [1.807, 2.05) is 0 Å². The summed E-state index contributed by atoms with van der Waals surface area (Å²) in [6, 6.07) is 0. The van der Waals surface area contributed by atoms with Crippen molar-refractivity contribution in [1.29, 1.82) is 0 Å². The normalized spacial score (nSPS) is 2.40. The van der Waals surface area contributed by atoms with Crippen LogP contribution < -0.4 is 0 Å². The molecule has 0 spiro atoms. The summed E-state index contributed by atoms with van der Waals surface area (Å²) in [4.78, 5) is 0. The van der Waals surface area contributed by atoms with Gasteiger partial charge in [-0.3, -0.25) is 0 Å². The van der Waals surface area contributed by atoms with Gasteiger partial charge in [-0.25, -0.2) is 0 Å². The van der Waals surface area contributed by atoms with Crippen molar-refractivity contribution in [3.63, 3.8) is 0 Å². The minimum absolute atomic E-state index is 0. The van der Waals surface area contributed by atoms with Crippen LogP contribution >= 0.6 is 0 Å². The fourth-order valence-corrected chi connectivity index (χ4v) is 0. The topological polar surface area (TPSA) is 0 Å². The van der Waals surface area contributed by atoms with E-state index in [0.29, 0.717) is 0 Å². The Labute approximate surface area is 58.7 Å². The van der Waals surface area contributed by atoms with Crippen LogP contribution in [0.1, 0.15) is 13.8 Å². The number of hydrogen-bond donors (Lipinski definition) is 0. The zero-order valence-corrected chi connectivity index (χ0v) is 8.08. The summed E-state index contributed by atoms with van der Waals surface area (Å²) in [5, 5.41) is 0. The quantitative estimate of drug-likeness (QED) is 0.597. The van der Waals surface area contributed by atoms with Crippen molar-refractivity contribution in [3.8, 4) is 0 Å². The maximum atomic E-state index is 3.25. The zero-order valence-electron chi connectivity index (χ0n) is 3.91. The van der Waals surface area contributed by atoms with Crippen LogP contribution in [0, 0.1) is 45.0 Å². The number of rotatable bonds is 0. The van der Waals surface area contributed by atoms with Crippen molar-refractivity contribution in [3.05, 3.63) is 13.8 Å². The molecule has 0 saturated carbocycles. The predicted octanol–water partition coefficient (Wildman–Crippen LogP) is 1.68. The Bertz CT molecular complexity index is 3.61. The van der Waals surface area contributed by atoms with Gasteiger partial charge in [0.05, 0.1) is 0 Å². The van der Waals surface area contributed by atoms with Gasteiger partial charge in [-0.05, 0) is 0 Å². The average molecular weight is 296 g/mol. The summed E-state index contributed by atoms with van der Waals surface area (Å²) in [6.07, 6.45) is 0. The van der Waals surface area contributed by atoms with Crippen LogP contribution in [0.2, 0.25) is 0 Å². The minimum atomic E-state index is 0. The minimum Gasteiger partial charge on any atom is -0.346 e. The first-order valence-corrected chi connectivity index (χ1v) is 1.41. The Balaban J connectivity index is -0.0000000133. The second-order valence-electron chi connectivity index (χ2n) is 0. The van der Waals surface area contributed by atoms with Crippen LogP contribution in [0.5, 0.6) is 0 Å². The van der Waals surface area contributed by atoms with Crippen molar-refractivity contribution in [2.75, 3.05) is 0 Å². The third-order valence-electron chi connectivity index (χ3n) is 0. The van der Waals surface area contributed by atoms with E-state index in [9.17, 15) is 0 Å². The second-order valence-corrected chi connectivity index (χ2v) is 0. The van der Waals surface area contributed by atoms with E-state index in [4.69, 9.17) is 0 Å². The van der Waals surface area contributed by atoms with Gasteiger partial charge in [0.1, 0.15) is 0 Å². The van der Waals surface area contributed by atoms with Gasteiger partial charge < -0.3 is 13.8 Å². The van der Waals surface area contributed by atoms with Crippen LogP contribution in [-0.2, 0) is 0 Å². The Hall–Kier alpha value is 1.05. The van der Waals surface area contributed by atoms with Gasteiger partial charge >= 0.3 is 31.1 Å². The zero-order chi connectivity index (χ0) is 4.00. The summed E-state index contributed by atoms with van der Waals surface area (Å²) in [5.41, 5.74) is 0.